The minimum atomic E-state index is -0.577. The van der Waals surface area contributed by atoms with Crippen LogP contribution in [0.15, 0.2) is 18.2 Å². The molecule has 6 N–H and O–H groups in total. The summed E-state index contributed by atoms with van der Waals surface area (Å²) in [5.74, 6) is -0.296. The van der Waals surface area contributed by atoms with E-state index < -0.39 is 6.10 Å². The van der Waals surface area contributed by atoms with Crippen LogP contribution < -0.4 is 16.8 Å². The molecule has 15 heavy (non-hydrogen) atoms. The molecule has 1 aromatic carbocycles. The van der Waals surface area contributed by atoms with Crippen molar-refractivity contribution in [2.45, 2.75) is 13.0 Å². The lowest BCUT2D eigenvalue weighted by Gasteiger charge is -2.08. The van der Waals surface area contributed by atoms with Crippen LogP contribution in [0.1, 0.15) is 17.3 Å². The maximum absolute atomic E-state index is 11.5. The number of carbonyl (C=O) groups excluding carboxylic acids is 1. The maximum atomic E-state index is 11.5. The molecule has 0 heterocycles. The molecule has 0 radical (unpaired) electrons. The highest BCUT2D eigenvalue weighted by molar-refractivity contribution is 5.96. The Morgan fingerprint density at radius 3 is 2.40 bits per heavy atom. The Kier molecular flexibility index (Phi) is 3.51. The molecule has 5 nitrogen and oxygen atoms in total. The fourth-order valence-electron chi connectivity index (χ4n) is 1.15. The van der Waals surface area contributed by atoms with Crippen molar-refractivity contribution in [2.75, 3.05) is 18.0 Å². The number of nitrogen functional groups attached to an aromatic ring is 2. The van der Waals surface area contributed by atoms with Crippen LogP contribution in [0.2, 0.25) is 0 Å². The number of nitrogens with two attached hydrogens (primary N) is 2. The Balaban J connectivity index is 2.73. The molecule has 5 heteroatoms. The maximum Gasteiger partial charge on any atom is 0.251 e. The monoisotopic (exact) mass is 209 g/mol. The lowest BCUT2D eigenvalue weighted by Crippen LogP contribution is -2.30. The molecule has 1 rings (SSSR count). The fourth-order valence-corrected chi connectivity index (χ4v) is 1.15. The summed E-state index contributed by atoms with van der Waals surface area (Å²) in [7, 11) is 0. The molecule has 0 aromatic heterocycles. The molecule has 1 atom stereocenters. The number of benzene rings is 1. The first-order valence-electron chi connectivity index (χ1n) is 4.61. The Labute approximate surface area is 88.1 Å². The minimum absolute atomic E-state index is 0.202. The number of amides is 1. The van der Waals surface area contributed by atoms with Crippen LogP contribution >= 0.6 is 0 Å². The van der Waals surface area contributed by atoms with E-state index in [2.05, 4.69) is 5.32 Å². The Morgan fingerprint density at radius 2 is 1.93 bits per heavy atom. The van der Waals surface area contributed by atoms with Crippen LogP contribution in [0, 0.1) is 0 Å². The van der Waals surface area contributed by atoms with Gasteiger partial charge in [-0.3, -0.25) is 4.79 Å². The van der Waals surface area contributed by atoms with Crippen LogP contribution in [0.3, 0.4) is 0 Å². The topological polar surface area (TPSA) is 101 Å². The van der Waals surface area contributed by atoms with Crippen LogP contribution in [-0.4, -0.2) is 23.7 Å². The smallest absolute Gasteiger partial charge is 0.251 e. The first-order chi connectivity index (χ1) is 6.99. The summed E-state index contributed by atoms with van der Waals surface area (Å²) in [6.07, 6.45) is -0.577. The molecule has 0 aliphatic rings. The second kappa shape index (κ2) is 4.65. The van der Waals surface area contributed by atoms with Crippen molar-refractivity contribution in [3.05, 3.63) is 23.8 Å². The summed E-state index contributed by atoms with van der Waals surface area (Å²) >= 11 is 0. The van der Waals surface area contributed by atoms with Crippen molar-refractivity contribution in [2.24, 2.45) is 0 Å². The van der Waals surface area contributed by atoms with Crippen molar-refractivity contribution in [1.29, 1.82) is 0 Å². The number of anilines is 2. The van der Waals surface area contributed by atoms with Crippen molar-refractivity contribution in [3.8, 4) is 0 Å². The van der Waals surface area contributed by atoms with E-state index in [1.54, 1.807) is 13.0 Å². The van der Waals surface area contributed by atoms with Crippen molar-refractivity contribution in [3.63, 3.8) is 0 Å². The molecule has 1 amide bonds. The standard InChI is InChI=1S/C10H15N3O2/c1-6(14)5-13-10(15)7-2-8(11)4-9(12)3-7/h2-4,6,14H,5,11-12H2,1H3,(H,13,15). The van der Waals surface area contributed by atoms with Gasteiger partial charge >= 0.3 is 0 Å². The van der Waals surface area contributed by atoms with E-state index in [-0.39, 0.29) is 12.5 Å². The zero-order valence-electron chi connectivity index (χ0n) is 8.53. The normalized spacial score (nSPS) is 12.1. The Hall–Kier alpha value is -1.75. The molecule has 82 valence electrons. The Bertz CT molecular complexity index is 343. The van der Waals surface area contributed by atoms with E-state index in [9.17, 15) is 4.79 Å². The van der Waals surface area contributed by atoms with Gasteiger partial charge in [-0.25, -0.2) is 0 Å². The molecular formula is C10H15N3O2. The average molecular weight is 209 g/mol. The van der Waals surface area contributed by atoms with E-state index in [1.807, 2.05) is 0 Å². The second-order valence-corrected chi connectivity index (χ2v) is 3.45. The molecule has 0 aliphatic heterocycles. The van der Waals surface area contributed by atoms with Gasteiger partial charge in [-0.15, -0.1) is 0 Å². The van der Waals surface area contributed by atoms with Crippen LogP contribution in [-0.2, 0) is 0 Å². The number of hydrogen-bond donors (Lipinski definition) is 4. The number of carbonyl (C=O) groups is 1. The zero-order valence-corrected chi connectivity index (χ0v) is 8.53. The minimum Gasteiger partial charge on any atom is -0.399 e. The summed E-state index contributed by atoms with van der Waals surface area (Å²) in [5.41, 5.74) is 12.4. The molecule has 0 saturated heterocycles. The summed E-state index contributed by atoms with van der Waals surface area (Å²) in [4.78, 5) is 11.5. The van der Waals surface area contributed by atoms with E-state index in [1.165, 1.54) is 12.1 Å². The summed E-state index contributed by atoms with van der Waals surface area (Å²) in [5, 5.41) is 11.5. The van der Waals surface area contributed by atoms with Crippen molar-refractivity contribution >= 4 is 17.3 Å². The highest BCUT2D eigenvalue weighted by Crippen LogP contribution is 2.13. The summed E-state index contributed by atoms with van der Waals surface area (Å²) < 4.78 is 0. The highest BCUT2D eigenvalue weighted by Gasteiger charge is 2.07. The largest absolute Gasteiger partial charge is 0.399 e. The predicted molar refractivity (Wildman–Crippen MR) is 59.3 cm³/mol. The van der Waals surface area contributed by atoms with Gasteiger partial charge in [0.1, 0.15) is 0 Å². The summed E-state index contributed by atoms with van der Waals surface area (Å²) in [6.45, 7) is 1.79. The van der Waals surface area contributed by atoms with Gasteiger partial charge in [-0.05, 0) is 25.1 Å². The van der Waals surface area contributed by atoms with Gasteiger partial charge in [0.25, 0.3) is 5.91 Å². The first-order valence-corrected chi connectivity index (χ1v) is 4.61. The zero-order chi connectivity index (χ0) is 11.4. The third-order valence-corrected chi connectivity index (χ3v) is 1.80. The van der Waals surface area contributed by atoms with E-state index in [0.29, 0.717) is 16.9 Å². The number of hydrogen-bond acceptors (Lipinski definition) is 4. The van der Waals surface area contributed by atoms with Gasteiger partial charge in [-0.1, -0.05) is 0 Å². The van der Waals surface area contributed by atoms with Crippen LogP contribution in [0.5, 0.6) is 0 Å². The fraction of sp³-hybridized carbons (Fsp3) is 0.300. The molecule has 0 bridgehead atoms. The van der Waals surface area contributed by atoms with E-state index in [0.717, 1.165) is 0 Å². The molecule has 0 spiro atoms. The Morgan fingerprint density at radius 1 is 1.40 bits per heavy atom. The third kappa shape index (κ3) is 3.47. The lowest BCUT2D eigenvalue weighted by molar-refractivity contribution is 0.0924. The van der Waals surface area contributed by atoms with Crippen LogP contribution in [0.25, 0.3) is 0 Å². The molecular weight excluding hydrogens is 194 g/mol. The van der Waals surface area contributed by atoms with Crippen LogP contribution in [0.4, 0.5) is 11.4 Å². The van der Waals surface area contributed by atoms with Gasteiger partial charge in [0, 0.05) is 23.5 Å². The van der Waals surface area contributed by atoms with Gasteiger partial charge in [0.05, 0.1) is 6.10 Å². The number of rotatable bonds is 3. The lowest BCUT2D eigenvalue weighted by atomic mass is 10.1. The molecule has 1 unspecified atom stereocenters. The number of aliphatic hydroxyl groups excluding tert-OH is 1. The number of aliphatic hydroxyl groups is 1. The number of nitrogens with one attached hydrogen (secondary N) is 1. The first kappa shape index (κ1) is 11.3. The van der Waals surface area contributed by atoms with Gasteiger partial charge in [0.15, 0.2) is 0 Å². The molecule has 0 aliphatic carbocycles. The SMILES string of the molecule is CC(O)CNC(=O)c1cc(N)cc(N)c1. The molecule has 0 fully saturated rings. The molecule has 0 saturated carbocycles. The van der Waals surface area contributed by atoms with Gasteiger partial charge in [-0.2, -0.15) is 0 Å². The predicted octanol–water partition coefficient (Wildman–Crippen LogP) is -0.0384. The third-order valence-electron chi connectivity index (χ3n) is 1.80. The highest BCUT2D eigenvalue weighted by atomic mass is 16.3. The van der Waals surface area contributed by atoms with Crippen molar-refractivity contribution in [1.82, 2.24) is 5.32 Å². The van der Waals surface area contributed by atoms with E-state index >= 15 is 0 Å². The van der Waals surface area contributed by atoms with E-state index in [4.69, 9.17) is 16.6 Å². The average Bonchev–Trinajstić information content (AvgIpc) is 2.12. The second-order valence-electron chi connectivity index (χ2n) is 3.45. The summed E-state index contributed by atoms with van der Waals surface area (Å²) in [6, 6.07) is 4.65. The van der Waals surface area contributed by atoms with Gasteiger partial charge < -0.3 is 21.9 Å². The molecule has 1 aromatic rings. The quantitative estimate of drug-likeness (QED) is 0.525. The van der Waals surface area contributed by atoms with Gasteiger partial charge in [0.2, 0.25) is 0 Å². The van der Waals surface area contributed by atoms with Crippen molar-refractivity contribution < 1.29 is 9.90 Å².